The van der Waals surface area contributed by atoms with Crippen LogP contribution in [-0.2, 0) is 5.33 Å². The summed E-state index contributed by atoms with van der Waals surface area (Å²) in [5.41, 5.74) is 1.50. The molecule has 0 N–H and O–H groups in total. The Balaban J connectivity index is 2.36. The maximum absolute atomic E-state index is 13.1. The highest BCUT2D eigenvalue weighted by Gasteiger charge is 2.08. The highest BCUT2D eigenvalue weighted by Crippen LogP contribution is 2.30. The van der Waals surface area contributed by atoms with Crippen LogP contribution in [0.3, 0.4) is 0 Å². The lowest BCUT2D eigenvalue weighted by Gasteiger charge is -2.11. The molecule has 0 spiro atoms. The summed E-state index contributed by atoms with van der Waals surface area (Å²) in [6, 6.07) is 8.57. The molecule has 18 heavy (non-hydrogen) atoms. The van der Waals surface area contributed by atoms with Crippen molar-refractivity contribution in [1.82, 2.24) is 0 Å². The molecule has 0 saturated heterocycles. The summed E-state index contributed by atoms with van der Waals surface area (Å²) in [6.07, 6.45) is 0. The fourth-order valence-corrected chi connectivity index (χ4v) is 1.99. The number of benzene rings is 2. The first kappa shape index (κ1) is 13.0. The van der Waals surface area contributed by atoms with Crippen molar-refractivity contribution in [3.63, 3.8) is 0 Å². The van der Waals surface area contributed by atoms with Gasteiger partial charge in [0.05, 0.1) is 0 Å². The molecule has 0 unspecified atom stereocenters. The van der Waals surface area contributed by atoms with Gasteiger partial charge in [0.2, 0.25) is 0 Å². The van der Waals surface area contributed by atoms with Crippen molar-refractivity contribution in [2.45, 2.75) is 12.3 Å². The normalized spacial score (nSPS) is 10.4. The minimum atomic E-state index is -0.363. The van der Waals surface area contributed by atoms with Crippen LogP contribution in [0, 0.1) is 18.6 Å². The second-order valence-corrected chi connectivity index (χ2v) is 4.46. The monoisotopic (exact) mass is 312 g/mol. The molecule has 0 atom stereocenters. The first-order valence-electron chi connectivity index (χ1n) is 5.38. The molecular weight excluding hydrogens is 302 g/mol. The maximum atomic E-state index is 13.1. The number of hydrogen-bond donors (Lipinski definition) is 0. The van der Waals surface area contributed by atoms with Crippen molar-refractivity contribution in [3.05, 3.63) is 59.2 Å². The van der Waals surface area contributed by atoms with Crippen LogP contribution in [0.4, 0.5) is 8.78 Å². The smallest absolute Gasteiger partial charge is 0.133 e. The average Bonchev–Trinajstić information content (AvgIpc) is 2.36. The van der Waals surface area contributed by atoms with E-state index in [1.807, 2.05) is 6.92 Å². The number of alkyl halides is 1. The van der Waals surface area contributed by atoms with E-state index in [4.69, 9.17) is 4.74 Å². The molecule has 2 aromatic carbocycles. The van der Waals surface area contributed by atoms with Gasteiger partial charge in [-0.15, -0.1) is 0 Å². The van der Waals surface area contributed by atoms with Crippen molar-refractivity contribution in [1.29, 1.82) is 0 Å². The first-order valence-corrected chi connectivity index (χ1v) is 6.50. The minimum absolute atomic E-state index is 0.326. The number of halogens is 3. The number of ether oxygens (including phenoxy) is 1. The summed E-state index contributed by atoms with van der Waals surface area (Å²) in [6.45, 7) is 1.83. The van der Waals surface area contributed by atoms with Gasteiger partial charge in [0.25, 0.3) is 0 Å². The van der Waals surface area contributed by atoms with Crippen molar-refractivity contribution in [2.75, 3.05) is 0 Å². The summed E-state index contributed by atoms with van der Waals surface area (Å²) >= 11 is 3.27. The highest BCUT2D eigenvalue weighted by atomic mass is 79.9. The Morgan fingerprint density at radius 3 is 2.39 bits per heavy atom. The molecule has 0 aliphatic rings. The SMILES string of the molecule is Cc1ccc(F)cc1Oc1ccc(F)cc1CBr. The Morgan fingerprint density at radius 1 is 1.00 bits per heavy atom. The van der Waals surface area contributed by atoms with Crippen LogP contribution in [0.15, 0.2) is 36.4 Å². The molecule has 0 radical (unpaired) electrons. The Kier molecular flexibility index (Phi) is 3.97. The van der Waals surface area contributed by atoms with Crippen molar-refractivity contribution >= 4 is 15.9 Å². The summed E-state index contributed by atoms with van der Waals surface area (Å²) in [7, 11) is 0. The third-order valence-corrected chi connectivity index (χ3v) is 3.14. The standard InChI is InChI=1S/C14H11BrF2O/c1-9-2-3-12(17)7-14(9)18-13-5-4-11(16)6-10(13)8-15/h2-7H,8H2,1H3. The molecule has 94 valence electrons. The van der Waals surface area contributed by atoms with Crippen LogP contribution in [0.1, 0.15) is 11.1 Å². The van der Waals surface area contributed by atoms with E-state index >= 15 is 0 Å². The third-order valence-electron chi connectivity index (χ3n) is 2.54. The van der Waals surface area contributed by atoms with Gasteiger partial charge in [-0.05, 0) is 36.8 Å². The third kappa shape index (κ3) is 2.88. The number of hydrogen-bond acceptors (Lipinski definition) is 1. The van der Waals surface area contributed by atoms with Gasteiger partial charge in [0.1, 0.15) is 23.1 Å². The molecule has 0 bridgehead atoms. The predicted octanol–water partition coefficient (Wildman–Crippen LogP) is 4.96. The molecule has 0 heterocycles. The molecule has 0 fully saturated rings. The summed E-state index contributed by atoms with van der Waals surface area (Å²) in [4.78, 5) is 0. The summed E-state index contributed by atoms with van der Waals surface area (Å²) < 4.78 is 31.9. The lowest BCUT2D eigenvalue weighted by Crippen LogP contribution is -1.93. The molecule has 2 aromatic rings. The molecule has 0 amide bonds. The van der Waals surface area contributed by atoms with Crippen molar-refractivity contribution < 1.29 is 13.5 Å². The van der Waals surface area contributed by atoms with E-state index in [1.54, 1.807) is 6.07 Å². The van der Waals surface area contributed by atoms with E-state index in [9.17, 15) is 8.78 Å². The van der Waals surface area contributed by atoms with Gasteiger partial charge in [0.15, 0.2) is 0 Å². The second kappa shape index (κ2) is 5.48. The highest BCUT2D eigenvalue weighted by molar-refractivity contribution is 9.08. The van der Waals surface area contributed by atoms with E-state index in [0.29, 0.717) is 22.4 Å². The average molecular weight is 313 g/mol. The van der Waals surface area contributed by atoms with Crippen LogP contribution in [-0.4, -0.2) is 0 Å². The van der Waals surface area contributed by atoms with Crippen molar-refractivity contribution in [2.24, 2.45) is 0 Å². The molecule has 0 aliphatic carbocycles. The Labute approximate surface area is 113 Å². The molecule has 4 heteroatoms. The molecule has 0 aromatic heterocycles. The number of rotatable bonds is 3. The van der Waals surface area contributed by atoms with Crippen LogP contribution < -0.4 is 4.74 Å². The van der Waals surface area contributed by atoms with Crippen LogP contribution >= 0.6 is 15.9 Å². The Bertz CT molecular complexity index is 570. The van der Waals surface area contributed by atoms with Gasteiger partial charge >= 0.3 is 0 Å². The first-order chi connectivity index (χ1) is 8.60. The zero-order valence-electron chi connectivity index (χ0n) is 9.71. The second-order valence-electron chi connectivity index (χ2n) is 3.90. The summed E-state index contributed by atoms with van der Waals surface area (Å²) in [5.74, 6) is 0.261. The van der Waals surface area contributed by atoms with Crippen LogP contribution in [0.2, 0.25) is 0 Å². The lowest BCUT2D eigenvalue weighted by atomic mass is 10.2. The molecule has 0 saturated carbocycles. The van der Waals surface area contributed by atoms with Crippen molar-refractivity contribution in [3.8, 4) is 11.5 Å². The van der Waals surface area contributed by atoms with Gasteiger partial charge in [-0.2, -0.15) is 0 Å². The lowest BCUT2D eigenvalue weighted by molar-refractivity contribution is 0.467. The fraction of sp³-hybridized carbons (Fsp3) is 0.143. The van der Waals surface area contributed by atoms with E-state index < -0.39 is 0 Å². The Morgan fingerprint density at radius 2 is 1.67 bits per heavy atom. The number of aryl methyl sites for hydroxylation is 1. The van der Waals surface area contributed by atoms with E-state index in [-0.39, 0.29) is 11.6 Å². The minimum Gasteiger partial charge on any atom is -0.457 e. The zero-order valence-corrected chi connectivity index (χ0v) is 11.3. The summed E-state index contributed by atoms with van der Waals surface area (Å²) in [5, 5.41) is 0.467. The topological polar surface area (TPSA) is 9.23 Å². The van der Waals surface area contributed by atoms with E-state index in [1.165, 1.54) is 30.3 Å². The quantitative estimate of drug-likeness (QED) is 0.728. The van der Waals surface area contributed by atoms with E-state index in [2.05, 4.69) is 15.9 Å². The van der Waals surface area contributed by atoms with Gasteiger partial charge < -0.3 is 4.74 Å². The Hall–Kier alpha value is -1.42. The largest absolute Gasteiger partial charge is 0.457 e. The van der Waals surface area contributed by atoms with Crippen LogP contribution in [0.25, 0.3) is 0 Å². The molecule has 0 aliphatic heterocycles. The van der Waals surface area contributed by atoms with E-state index in [0.717, 1.165) is 5.56 Å². The van der Waals surface area contributed by atoms with Gasteiger partial charge in [-0.25, -0.2) is 8.78 Å². The van der Waals surface area contributed by atoms with Crippen LogP contribution in [0.5, 0.6) is 11.5 Å². The van der Waals surface area contributed by atoms with Gasteiger partial charge in [-0.1, -0.05) is 22.0 Å². The molecule has 1 nitrogen and oxygen atoms in total. The molecule has 2 rings (SSSR count). The molecular formula is C14H11BrF2O. The fourth-order valence-electron chi connectivity index (χ4n) is 1.55. The zero-order chi connectivity index (χ0) is 13.1. The predicted molar refractivity (Wildman–Crippen MR) is 70.2 cm³/mol. The van der Waals surface area contributed by atoms with Gasteiger partial charge in [0, 0.05) is 17.0 Å². The maximum Gasteiger partial charge on any atom is 0.133 e. The van der Waals surface area contributed by atoms with Gasteiger partial charge in [-0.3, -0.25) is 0 Å².